The first-order chi connectivity index (χ1) is 21.2. The SMILES string of the molecule is C[C@@H]1CC[C@]2(C(=O)O[C@H]3O[C@H](CO)[C@@H](O)[C@H](O)[C@H]3O)CC[C@]3(C)C(=CC[C@@H]4[C@@]5(C)C[C@@H](O)[C@H](O)C(C)(C)[C@@H]5CC[C@]43C)[C@@H]2[C@]1(C)O. The van der Waals surface area contributed by atoms with Crippen molar-refractivity contribution >= 4 is 5.97 Å². The third kappa shape index (κ3) is 4.39. The Balaban J connectivity index is 1.39. The van der Waals surface area contributed by atoms with Crippen molar-refractivity contribution in [1.82, 2.24) is 0 Å². The van der Waals surface area contributed by atoms with E-state index in [1.54, 1.807) is 0 Å². The number of hydrogen-bond acceptors (Lipinski definition) is 10. The molecule has 1 saturated heterocycles. The standard InChI is InChI=1S/C36H58O10/c1-18-10-13-36(30(43)46-29-26(41)25(40)24(39)21(17-37)45-29)15-14-33(5)19(27(36)35(18,7)44)8-9-23-32(4)16-20(38)28(42)31(2,3)22(32)11-12-34(23,33)6/h8,18,20-29,37-42,44H,9-17H2,1-7H3/t18-,20-,21-,22+,23-,24-,25+,26-,27-,28+,29-,32+,33-,34-,35-,36+/m1/s1. The maximum Gasteiger partial charge on any atom is 0.315 e. The van der Waals surface area contributed by atoms with Gasteiger partial charge in [0.2, 0.25) is 6.29 Å². The third-order valence-corrected chi connectivity index (χ3v) is 15.5. The summed E-state index contributed by atoms with van der Waals surface area (Å²) in [7, 11) is 0. The number of rotatable bonds is 3. The average molecular weight is 651 g/mol. The molecule has 6 aliphatic rings. The van der Waals surface area contributed by atoms with Gasteiger partial charge in [-0.3, -0.25) is 4.79 Å². The number of hydrogen-bond donors (Lipinski definition) is 7. The van der Waals surface area contributed by atoms with Crippen molar-refractivity contribution in [1.29, 1.82) is 0 Å². The summed E-state index contributed by atoms with van der Waals surface area (Å²) < 4.78 is 11.5. The molecular formula is C36H58O10. The molecule has 262 valence electrons. The van der Waals surface area contributed by atoms with Crippen LogP contribution in [0.3, 0.4) is 0 Å². The molecule has 0 aromatic heterocycles. The van der Waals surface area contributed by atoms with Crippen LogP contribution in [0.2, 0.25) is 0 Å². The molecule has 1 aliphatic heterocycles. The summed E-state index contributed by atoms with van der Waals surface area (Å²) in [6.07, 6.45) is -1.65. The number of carbonyl (C=O) groups is 1. The summed E-state index contributed by atoms with van der Waals surface area (Å²) in [6, 6.07) is 0. The van der Waals surface area contributed by atoms with Crippen LogP contribution in [-0.2, 0) is 14.3 Å². The van der Waals surface area contributed by atoms with Gasteiger partial charge in [-0.15, -0.1) is 0 Å². The van der Waals surface area contributed by atoms with Gasteiger partial charge >= 0.3 is 5.97 Å². The Morgan fingerprint density at radius 3 is 2.24 bits per heavy atom. The van der Waals surface area contributed by atoms with Crippen LogP contribution in [0.1, 0.15) is 99.8 Å². The minimum Gasteiger partial charge on any atom is -0.432 e. The van der Waals surface area contributed by atoms with Gasteiger partial charge < -0.3 is 45.2 Å². The van der Waals surface area contributed by atoms with Crippen molar-refractivity contribution in [2.75, 3.05) is 6.61 Å². The molecule has 46 heavy (non-hydrogen) atoms. The van der Waals surface area contributed by atoms with Gasteiger partial charge in [-0.2, -0.15) is 0 Å². The van der Waals surface area contributed by atoms with Crippen LogP contribution in [0, 0.1) is 50.7 Å². The molecule has 7 N–H and O–H groups in total. The smallest absolute Gasteiger partial charge is 0.315 e. The molecule has 0 aromatic carbocycles. The molecule has 1 heterocycles. The van der Waals surface area contributed by atoms with E-state index >= 15 is 0 Å². The maximum absolute atomic E-state index is 14.5. The fraction of sp³-hybridized carbons (Fsp3) is 0.917. The van der Waals surface area contributed by atoms with E-state index in [2.05, 4.69) is 40.7 Å². The Morgan fingerprint density at radius 2 is 1.59 bits per heavy atom. The van der Waals surface area contributed by atoms with E-state index in [9.17, 15) is 40.5 Å². The van der Waals surface area contributed by atoms with Crippen molar-refractivity contribution in [3.05, 3.63) is 11.6 Å². The maximum atomic E-state index is 14.5. The summed E-state index contributed by atoms with van der Waals surface area (Å²) >= 11 is 0. The van der Waals surface area contributed by atoms with Gasteiger partial charge in [0.25, 0.3) is 0 Å². The van der Waals surface area contributed by atoms with Crippen LogP contribution in [0.4, 0.5) is 0 Å². The normalized spacial score (nSPS) is 56.4. The van der Waals surface area contributed by atoms with Crippen LogP contribution in [-0.4, -0.2) is 96.8 Å². The highest BCUT2D eigenvalue weighted by Crippen LogP contribution is 2.76. The molecule has 10 nitrogen and oxygen atoms in total. The number of allylic oxidation sites excluding steroid dienone is 1. The van der Waals surface area contributed by atoms with Crippen molar-refractivity contribution in [3.63, 3.8) is 0 Å². The highest BCUT2D eigenvalue weighted by Gasteiger charge is 2.72. The van der Waals surface area contributed by atoms with Crippen LogP contribution < -0.4 is 0 Å². The van der Waals surface area contributed by atoms with E-state index in [1.165, 1.54) is 0 Å². The second kappa shape index (κ2) is 10.9. The zero-order valence-electron chi connectivity index (χ0n) is 28.6. The second-order valence-electron chi connectivity index (χ2n) is 17.7. The molecular weight excluding hydrogens is 592 g/mol. The topological polar surface area (TPSA) is 177 Å². The van der Waals surface area contributed by atoms with Gasteiger partial charge in [-0.1, -0.05) is 53.2 Å². The van der Waals surface area contributed by atoms with E-state index < -0.39 is 77.8 Å². The highest BCUT2D eigenvalue weighted by molar-refractivity contribution is 5.79. The predicted octanol–water partition coefficient (Wildman–Crippen LogP) is 2.43. The lowest BCUT2D eigenvalue weighted by molar-refractivity contribution is -0.299. The lowest BCUT2D eigenvalue weighted by Crippen LogP contribution is -2.69. The Labute approximate surface area is 273 Å². The predicted molar refractivity (Wildman–Crippen MR) is 168 cm³/mol. The van der Waals surface area contributed by atoms with Crippen molar-refractivity contribution in [2.24, 2.45) is 50.7 Å². The first-order valence-corrected chi connectivity index (χ1v) is 17.5. The molecule has 16 atom stereocenters. The van der Waals surface area contributed by atoms with E-state index in [4.69, 9.17) is 9.47 Å². The summed E-state index contributed by atoms with van der Waals surface area (Å²) in [5.41, 5.74) is -2.44. The van der Waals surface area contributed by atoms with Crippen LogP contribution >= 0.6 is 0 Å². The largest absolute Gasteiger partial charge is 0.432 e. The van der Waals surface area contributed by atoms with E-state index in [0.29, 0.717) is 32.1 Å². The van der Waals surface area contributed by atoms with Gasteiger partial charge in [0, 0.05) is 5.92 Å². The molecule has 5 fully saturated rings. The second-order valence-corrected chi connectivity index (χ2v) is 17.7. The fourth-order valence-corrected chi connectivity index (χ4v) is 12.4. The number of aliphatic hydroxyl groups is 7. The summed E-state index contributed by atoms with van der Waals surface area (Å²) in [4.78, 5) is 14.5. The molecule has 10 heteroatoms. The molecule has 5 aliphatic carbocycles. The third-order valence-electron chi connectivity index (χ3n) is 15.5. The zero-order chi connectivity index (χ0) is 34.0. The number of fused-ring (bicyclic) bond motifs is 7. The molecule has 0 amide bonds. The van der Waals surface area contributed by atoms with Crippen molar-refractivity contribution in [2.45, 2.75) is 148 Å². The number of carbonyl (C=O) groups excluding carboxylic acids is 1. The summed E-state index contributed by atoms with van der Waals surface area (Å²) in [5, 5.41) is 75.6. The average Bonchev–Trinajstić information content (AvgIpc) is 2.98. The lowest BCUT2D eigenvalue weighted by atomic mass is 9.33. The lowest BCUT2D eigenvalue weighted by Gasteiger charge is -2.72. The van der Waals surface area contributed by atoms with Gasteiger partial charge in [0.1, 0.15) is 24.4 Å². The molecule has 6 rings (SSSR count). The molecule has 0 radical (unpaired) electrons. The number of aliphatic hydroxyl groups excluding tert-OH is 6. The van der Waals surface area contributed by atoms with Gasteiger partial charge in [0.15, 0.2) is 0 Å². The molecule has 0 unspecified atom stereocenters. The van der Waals surface area contributed by atoms with Gasteiger partial charge in [0.05, 0.1) is 29.8 Å². The van der Waals surface area contributed by atoms with E-state index in [1.807, 2.05) is 13.8 Å². The summed E-state index contributed by atoms with van der Waals surface area (Å²) in [5.74, 6) is -0.787. The van der Waals surface area contributed by atoms with Crippen LogP contribution in [0.25, 0.3) is 0 Å². The van der Waals surface area contributed by atoms with Gasteiger partial charge in [-0.05, 0) is 97.7 Å². The number of esters is 1. The zero-order valence-corrected chi connectivity index (χ0v) is 28.6. The Kier molecular flexibility index (Phi) is 8.27. The quantitative estimate of drug-likeness (QED) is 0.177. The van der Waals surface area contributed by atoms with Crippen molar-refractivity contribution in [3.8, 4) is 0 Å². The molecule has 0 aromatic rings. The molecule has 0 spiro atoms. The van der Waals surface area contributed by atoms with Gasteiger partial charge in [-0.25, -0.2) is 0 Å². The van der Waals surface area contributed by atoms with Crippen LogP contribution in [0.15, 0.2) is 11.6 Å². The number of ether oxygens (including phenoxy) is 2. The first-order valence-electron chi connectivity index (χ1n) is 17.5. The van der Waals surface area contributed by atoms with E-state index in [-0.39, 0.29) is 34.0 Å². The highest BCUT2D eigenvalue weighted by atomic mass is 16.7. The Bertz CT molecular complexity index is 1250. The van der Waals surface area contributed by atoms with Crippen LogP contribution in [0.5, 0.6) is 0 Å². The van der Waals surface area contributed by atoms with E-state index in [0.717, 1.165) is 24.8 Å². The first kappa shape index (κ1) is 34.7. The Hall–Kier alpha value is -1.11. The monoisotopic (exact) mass is 650 g/mol. The minimum absolute atomic E-state index is 0.0940. The Morgan fingerprint density at radius 1 is 0.913 bits per heavy atom. The minimum atomic E-state index is -1.70. The fourth-order valence-electron chi connectivity index (χ4n) is 12.4. The summed E-state index contributed by atoms with van der Waals surface area (Å²) in [6.45, 7) is 14.4. The molecule has 0 bridgehead atoms. The molecule has 4 saturated carbocycles. The van der Waals surface area contributed by atoms with Crippen molar-refractivity contribution < 1.29 is 50.0 Å².